The third kappa shape index (κ3) is 5.34. The fourth-order valence-electron chi connectivity index (χ4n) is 3.29. The second-order valence-electron chi connectivity index (χ2n) is 6.85. The highest BCUT2D eigenvalue weighted by atomic mass is 16.5. The number of hydrogen-bond acceptors (Lipinski definition) is 2. The van der Waals surface area contributed by atoms with Crippen LogP contribution in [0.25, 0.3) is 10.9 Å². The van der Waals surface area contributed by atoms with E-state index >= 15 is 0 Å². The number of aromatic amines is 1. The van der Waals surface area contributed by atoms with Crippen molar-refractivity contribution in [3.8, 4) is 5.75 Å². The molecule has 5 heteroatoms. The number of carbonyl (C=O) groups excluding carboxylic acids is 1. The van der Waals surface area contributed by atoms with Crippen LogP contribution in [0.3, 0.4) is 0 Å². The molecule has 5 nitrogen and oxygen atoms in total. The van der Waals surface area contributed by atoms with Crippen LogP contribution in [0.1, 0.15) is 18.1 Å². The molecule has 2 aromatic carbocycles. The zero-order chi connectivity index (χ0) is 19.1. The highest BCUT2D eigenvalue weighted by Crippen LogP contribution is 2.17. The van der Waals surface area contributed by atoms with E-state index < -0.39 is 0 Å². The quantitative estimate of drug-likeness (QED) is 0.542. The lowest BCUT2D eigenvalue weighted by Gasteiger charge is -2.14. The van der Waals surface area contributed by atoms with Crippen molar-refractivity contribution in [2.24, 2.45) is 0 Å². The van der Waals surface area contributed by atoms with Gasteiger partial charge in [-0.05, 0) is 49.2 Å². The number of fused-ring (bicyclic) bond motifs is 1. The number of amides is 1. The minimum atomic E-state index is 0.0817. The van der Waals surface area contributed by atoms with E-state index in [1.54, 1.807) is 0 Å². The molecule has 0 aliphatic heterocycles. The Hall–Kier alpha value is -2.79. The van der Waals surface area contributed by atoms with Crippen molar-refractivity contribution in [1.82, 2.24) is 10.3 Å². The molecule has 27 heavy (non-hydrogen) atoms. The van der Waals surface area contributed by atoms with E-state index in [0.717, 1.165) is 29.1 Å². The summed E-state index contributed by atoms with van der Waals surface area (Å²) in [5.41, 5.74) is 3.57. The molecule has 3 rings (SSSR count). The van der Waals surface area contributed by atoms with Gasteiger partial charge in [-0.15, -0.1) is 0 Å². The number of carbonyl (C=O) groups is 1. The fourth-order valence-corrected chi connectivity index (χ4v) is 3.29. The van der Waals surface area contributed by atoms with Crippen molar-refractivity contribution in [3.05, 3.63) is 65.9 Å². The van der Waals surface area contributed by atoms with Gasteiger partial charge in [-0.2, -0.15) is 0 Å². The van der Waals surface area contributed by atoms with Crippen LogP contribution in [-0.2, 0) is 17.8 Å². The van der Waals surface area contributed by atoms with Gasteiger partial charge in [0, 0.05) is 29.2 Å². The summed E-state index contributed by atoms with van der Waals surface area (Å²) >= 11 is 0. The second-order valence-corrected chi connectivity index (χ2v) is 6.85. The number of para-hydroxylation sites is 1. The van der Waals surface area contributed by atoms with E-state index in [1.165, 1.54) is 16.5 Å². The van der Waals surface area contributed by atoms with Crippen molar-refractivity contribution < 1.29 is 14.4 Å². The lowest BCUT2D eigenvalue weighted by Crippen LogP contribution is -3.08. The second kappa shape index (κ2) is 9.24. The molecule has 0 aliphatic carbocycles. The fraction of sp³-hybridized carbons (Fsp3) is 0.318. The molecule has 0 fully saturated rings. The Morgan fingerprint density at radius 2 is 1.93 bits per heavy atom. The molecule has 1 amide bonds. The maximum Gasteiger partial charge on any atom is 0.275 e. The number of nitrogens with one attached hydrogen (secondary N) is 3. The van der Waals surface area contributed by atoms with E-state index in [-0.39, 0.29) is 5.91 Å². The third-order valence-electron chi connectivity index (χ3n) is 4.59. The predicted molar refractivity (Wildman–Crippen MR) is 108 cm³/mol. The zero-order valence-electron chi connectivity index (χ0n) is 16.0. The van der Waals surface area contributed by atoms with Crippen LogP contribution < -0.4 is 15.0 Å². The molecule has 0 bridgehead atoms. The van der Waals surface area contributed by atoms with Crippen molar-refractivity contribution in [1.29, 1.82) is 0 Å². The van der Waals surface area contributed by atoms with E-state index in [1.807, 2.05) is 44.4 Å². The molecule has 3 N–H and O–H groups in total. The average molecular weight is 366 g/mol. The van der Waals surface area contributed by atoms with Gasteiger partial charge < -0.3 is 19.9 Å². The largest absolute Gasteiger partial charge is 0.494 e. The first-order chi connectivity index (χ1) is 13.2. The number of H-pyrrole nitrogens is 1. The summed E-state index contributed by atoms with van der Waals surface area (Å²) < 4.78 is 5.46. The summed E-state index contributed by atoms with van der Waals surface area (Å²) in [6.07, 6.45) is 2.85. The molecule has 1 aromatic heterocycles. The number of rotatable bonds is 9. The highest BCUT2D eigenvalue weighted by molar-refractivity contribution is 5.83. The minimum Gasteiger partial charge on any atom is -0.494 e. The van der Waals surface area contributed by atoms with Gasteiger partial charge in [0.15, 0.2) is 6.54 Å². The van der Waals surface area contributed by atoms with Gasteiger partial charge in [0.1, 0.15) is 12.3 Å². The Morgan fingerprint density at radius 3 is 2.70 bits per heavy atom. The molecule has 0 radical (unpaired) electrons. The van der Waals surface area contributed by atoms with E-state index in [0.29, 0.717) is 19.7 Å². The van der Waals surface area contributed by atoms with E-state index in [9.17, 15) is 4.79 Å². The van der Waals surface area contributed by atoms with Crippen molar-refractivity contribution in [2.45, 2.75) is 19.9 Å². The normalized spacial score (nSPS) is 12.1. The number of benzene rings is 2. The highest BCUT2D eigenvalue weighted by Gasteiger charge is 2.11. The Labute approximate surface area is 160 Å². The molecule has 0 saturated carbocycles. The number of quaternary nitrogens is 1. The van der Waals surface area contributed by atoms with Gasteiger partial charge in [0.25, 0.3) is 5.91 Å². The summed E-state index contributed by atoms with van der Waals surface area (Å²) in [6.45, 7) is 4.56. The van der Waals surface area contributed by atoms with Crippen LogP contribution >= 0.6 is 0 Å². The third-order valence-corrected chi connectivity index (χ3v) is 4.59. The molecular weight excluding hydrogens is 338 g/mol. The molecule has 1 atom stereocenters. The monoisotopic (exact) mass is 366 g/mol. The standard InChI is InChI=1S/C22H27N3O2/c1-3-27-19-10-8-17(9-11-19)15-25(2)16-22(26)23-13-12-18-14-24-21-7-5-4-6-20(18)21/h4-11,14,24H,3,12-13,15-16H2,1-2H3,(H,23,26)/p+1. The summed E-state index contributed by atoms with van der Waals surface area (Å²) in [4.78, 5) is 16.6. The summed E-state index contributed by atoms with van der Waals surface area (Å²) in [6, 6.07) is 16.3. The molecule has 0 aliphatic rings. The Bertz CT molecular complexity index is 871. The lowest BCUT2D eigenvalue weighted by molar-refractivity contribution is -0.885. The number of aromatic nitrogens is 1. The topological polar surface area (TPSA) is 58.6 Å². The minimum absolute atomic E-state index is 0.0817. The predicted octanol–water partition coefficient (Wildman–Crippen LogP) is 1.94. The van der Waals surface area contributed by atoms with Crippen LogP contribution in [0.5, 0.6) is 5.75 Å². The molecular formula is C22H28N3O2+. The summed E-state index contributed by atoms with van der Waals surface area (Å²) in [5.74, 6) is 0.965. The summed E-state index contributed by atoms with van der Waals surface area (Å²) in [5, 5.41) is 4.26. The lowest BCUT2D eigenvalue weighted by atomic mass is 10.1. The van der Waals surface area contributed by atoms with Gasteiger partial charge in [-0.3, -0.25) is 4.79 Å². The first-order valence-electron chi connectivity index (χ1n) is 9.50. The number of hydrogen-bond donors (Lipinski definition) is 3. The SMILES string of the molecule is CCOc1ccc(C[NH+](C)CC(=O)NCCc2c[nH]c3ccccc23)cc1. The molecule has 1 heterocycles. The number of ether oxygens (including phenoxy) is 1. The van der Waals surface area contributed by atoms with Crippen molar-refractivity contribution >= 4 is 16.8 Å². The van der Waals surface area contributed by atoms with E-state index in [4.69, 9.17) is 4.74 Å². The first-order valence-corrected chi connectivity index (χ1v) is 9.50. The van der Waals surface area contributed by atoms with Gasteiger partial charge in [-0.25, -0.2) is 0 Å². The molecule has 1 unspecified atom stereocenters. The Balaban J connectivity index is 1.42. The maximum absolute atomic E-state index is 12.2. The average Bonchev–Trinajstić information content (AvgIpc) is 3.07. The maximum atomic E-state index is 12.2. The van der Waals surface area contributed by atoms with Crippen LogP contribution in [-0.4, -0.2) is 37.6 Å². The van der Waals surface area contributed by atoms with Crippen LogP contribution in [0.2, 0.25) is 0 Å². The zero-order valence-corrected chi connectivity index (χ0v) is 16.0. The van der Waals surface area contributed by atoms with Crippen molar-refractivity contribution in [3.63, 3.8) is 0 Å². The van der Waals surface area contributed by atoms with E-state index in [2.05, 4.69) is 34.6 Å². The van der Waals surface area contributed by atoms with Gasteiger partial charge >= 0.3 is 0 Å². The van der Waals surface area contributed by atoms with Gasteiger partial charge in [0.05, 0.1) is 13.7 Å². The smallest absolute Gasteiger partial charge is 0.275 e. The summed E-state index contributed by atoms with van der Waals surface area (Å²) in [7, 11) is 2.04. The molecule has 142 valence electrons. The van der Waals surface area contributed by atoms with Gasteiger partial charge in [-0.1, -0.05) is 18.2 Å². The van der Waals surface area contributed by atoms with Crippen LogP contribution in [0, 0.1) is 0 Å². The molecule has 0 spiro atoms. The van der Waals surface area contributed by atoms with Crippen molar-refractivity contribution in [2.75, 3.05) is 26.7 Å². The Kier molecular flexibility index (Phi) is 6.49. The van der Waals surface area contributed by atoms with Crippen LogP contribution in [0.15, 0.2) is 54.7 Å². The Morgan fingerprint density at radius 1 is 1.15 bits per heavy atom. The van der Waals surface area contributed by atoms with Gasteiger partial charge in [0.2, 0.25) is 0 Å². The molecule has 0 saturated heterocycles. The van der Waals surface area contributed by atoms with Crippen LogP contribution in [0.4, 0.5) is 0 Å². The first kappa shape index (κ1) is 19.0. The molecule has 3 aromatic rings. The number of likely N-dealkylation sites (N-methyl/N-ethyl adjacent to an activating group) is 1.